The van der Waals surface area contributed by atoms with Crippen LogP contribution in [0.15, 0.2) is 34.9 Å². The van der Waals surface area contributed by atoms with Gasteiger partial charge in [0.2, 0.25) is 0 Å². The molecular weight excluding hydrogens is 335 g/mol. The molecule has 0 aliphatic heterocycles. The van der Waals surface area contributed by atoms with Crippen LogP contribution in [0.4, 0.5) is 13.2 Å². The number of rotatable bonds is 3. The number of nitrogens with one attached hydrogen (secondary N) is 1. The Bertz CT molecular complexity index is 614. The maximum Gasteiger partial charge on any atom is 0.417 e. The summed E-state index contributed by atoms with van der Waals surface area (Å²) >= 11 is 3.05. The molecule has 1 aromatic heterocycles. The van der Waals surface area contributed by atoms with Gasteiger partial charge in [0.15, 0.2) is 5.82 Å². The molecule has 2 aromatic rings. The number of alkyl halides is 3. The molecule has 0 radical (unpaired) electrons. The second-order valence-electron chi connectivity index (χ2n) is 4.09. The first-order valence-electron chi connectivity index (χ1n) is 5.75. The van der Waals surface area contributed by atoms with Crippen molar-refractivity contribution in [2.75, 3.05) is 7.05 Å². The number of benzene rings is 1. The van der Waals surface area contributed by atoms with Crippen molar-refractivity contribution in [1.82, 2.24) is 15.3 Å². The van der Waals surface area contributed by atoms with Crippen molar-refractivity contribution < 1.29 is 13.2 Å². The molecule has 1 aromatic carbocycles. The Morgan fingerprint density at radius 3 is 2.65 bits per heavy atom. The quantitative estimate of drug-likeness (QED) is 0.922. The molecule has 0 atom stereocenters. The van der Waals surface area contributed by atoms with Crippen molar-refractivity contribution in [2.24, 2.45) is 0 Å². The van der Waals surface area contributed by atoms with Gasteiger partial charge in [-0.3, -0.25) is 0 Å². The Kier molecular flexibility index (Phi) is 4.39. The van der Waals surface area contributed by atoms with Crippen LogP contribution in [0.3, 0.4) is 0 Å². The van der Waals surface area contributed by atoms with Gasteiger partial charge in [-0.2, -0.15) is 13.2 Å². The zero-order chi connectivity index (χ0) is 14.8. The Labute approximate surface area is 122 Å². The van der Waals surface area contributed by atoms with Crippen molar-refractivity contribution in [1.29, 1.82) is 0 Å². The van der Waals surface area contributed by atoms with Gasteiger partial charge in [0, 0.05) is 22.8 Å². The third-order valence-corrected chi connectivity index (χ3v) is 3.09. The van der Waals surface area contributed by atoms with Crippen molar-refractivity contribution in [3.05, 3.63) is 46.2 Å². The molecule has 0 bridgehead atoms. The molecule has 0 spiro atoms. The van der Waals surface area contributed by atoms with Crippen LogP contribution in [-0.2, 0) is 12.7 Å². The van der Waals surface area contributed by atoms with Crippen LogP contribution in [0.25, 0.3) is 11.4 Å². The molecule has 0 unspecified atom stereocenters. The number of halogens is 4. The minimum atomic E-state index is -4.46. The molecule has 0 saturated carbocycles. The third kappa shape index (κ3) is 3.34. The van der Waals surface area contributed by atoms with Gasteiger partial charge in [-0.15, -0.1) is 0 Å². The topological polar surface area (TPSA) is 37.8 Å². The van der Waals surface area contributed by atoms with Crippen LogP contribution >= 0.6 is 15.9 Å². The smallest absolute Gasteiger partial charge is 0.314 e. The highest BCUT2D eigenvalue weighted by Crippen LogP contribution is 2.37. The largest absolute Gasteiger partial charge is 0.417 e. The van der Waals surface area contributed by atoms with Gasteiger partial charge in [0.1, 0.15) is 0 Å². The fourth-order valence-corrected chi connectivity index (χ4v) is 2.11. The molecule has 3 nitrogen and oxygen atoms in total. The second kappa shape index (κ2) is 5.88. The lowest BCUT2D eigenvalue weighted by Crippen LogP contribution is -2.10. The maximum absolute atomic E-state index is 13.1. The number of hydrogen-bond donors (Lipinski definition) is 1. The SMILES string of the molecule is CNCc1ccnc(-c2ccc(Br)cc2C(F)(F)F)n1. The highest BCUT2D eigenvalue weighted by Gasteiger charge is 2.34. The summed E-state index contributed by atoms with van der Waals surface area (Å²) in [6, 6.07) is 5.60. The van der Waals surface area contributed by atoms with E-state index in [2.05, 4.69) is 31.2 Å². The number of nitrogens with zero attached hydrogens (tertiary/aromatic N) is 2. The van der Waals surface area contributed by atoms with Gasteiger partial charge in [-0.25, -0.2) is 9.97 Å². The first-order valence-corrected chi connectivity index (χ1v) is 6.55. The average molecular weight is 346 g/mol. The lowest BCUT2D eigenvalue weighted by Gasteiger charge is -2.13. The highest BCUT2D eigenvalue weighted by atomic mass is 79.9. The van der Waals surface area contributed by atoms with Gasteiger partial charge in [0.25, 0.3) is 0 Å². The molecular formula is C13H11BrF3N3. The van der Waals surface area contributed by atoms with Crippen LogP contribution in [0.2, 0.25) is 0 Å². The predicted octanol–water partition coefficient (Wildman–Crippen LogP) is 3.64. The van der Waals surface area contributed by atoms with Crippen molar-refractivity contribution in [2.45, 2.75) is 12.7 Å². The van der Waals surface area contributed by atoms with Crippen molar-refractivity contribution >= 4 is 15.9 Å². The molecule has 7 heteroatoms. The molecule has 0 fully saturated rings. The highest BCUT2D eigenvalue weighted by molar-refractivity contribution is 9.10. The summed E-state index contributed by atoms with van der Waals surface area (Å²) in [7, 11) is 1.74. The maximum atomic E-state index is 13.1. The van der Waals surface area contributed by atoms with Gasteiger partial charge in [0.05, 0.1) is 11.3 Å². The lowest BCUT2D eigenvalue weighted by atomic mass is 10.1. The minimum absolute atomic E-state index is 0.0290. The van der Waals surface area contributed by atoms with E-state index in [9.17, 15) is 13.2 Å². The average Bonchev–Trinajstić information content (AvgIpc) is 2.38. The summed E-state index contributed by atoms with van der Waals surface area (Å²) in [6.07, 6.45) is -3.00. The summed E-state index contributed by atoms with van der Waals surface area (Å²) in [5.74, 6) is 0.0672. The van der Waals surface area contributed by atoms with E-state index in [0.29, 0.717) is 16.7 Å². The Morgan fingerprint density at radius 2 is 2.00 bits per heavy atom. The Hall–Kier alpha value is -1.47. The molecule has 0 aliphatic rings. The molecule has 1 heterocycles. The second-order valence-corrected chi connectivity index (χ2v) is 5.01. The van der Waals surface area contributed by atoms with E-state index in [1.807, 2.05) is 0 Å². The van der Waals surface area contributed by atoms with Crippen LogP contribution in [0.1, 0.15) is 11.3 Å². The van der Waals surface area contributed by atoms with Gasteiger partial charge in [-0.05, 0) is 31.3 Å². The number of hydrogen-bond acceptors (Lipinski definition) is 3. The van der Waals surface area contributed by atoms with E-state index in [-0.39, 0.29) is 11.4 Å². The standard InChI is InChI=1S/C13H11BrF3N3/c1-18-7-9-4-5-19-12(20-9)10-3-2-8(14)6-11(10)13(15,16)17/h2-6,18H,7H2,1H3. The first-order chi connectivity index (χ1) is 9.41. The molecule has 20 heavy (non-hydrogen) atoms. The van der Waals surface area contributed by atoms with Crippen LogP contribution in [0, 0.1) is 0 Å². The summed E-state index contributed by atoms with van der Waals surface area (Å²) in [5, 5.41) is 2.90. The normalized spacial score (nSPS) is 11.7. The Morgan fingerprint density at radius 1 is 1.25 bits per heavy atom. The summed E-state index contributed by atoms with van der Waals surface area (Å²) in [5.41, 5.74) is -0.152. The third-order valence-electron chi connectivity index (χ3n) is 2.60. The summed E-state index contributed by atoms with van der Waals surface area (Å²) < 4.78 is 39.6. The fraction of sp³-hybridized carbons (Fsp3) is 0.231. The van der Waals surface area contributed by atoms with E-state index in [1.165, 1.54) is 12.3 Å². The Balaban J connectivity index is 2.55. The van der Waals surface area contributed by atoms with Gasteiger partial charge in [-0.1, -0.05) is 15.9 Å². The van der Waals surface area contributed by atoms with E-state index in [0.717, 1.165) is 6.07 Å². The van der Waals surface area contributed by atoms with Gasteiger partial charge >= 0.3 is 6.18 Å². The molecule has 0 saturated heterocycles. The monoisotopic (exact) mass is 345 g/mol. The van der Waals surface area contributed by atoms with E-state index in [4.69, 9.17) is 0 Å². The van der Waals surface area contributed by atoms with Crippen LogP contribution in [0.5, 0.6) is 0 Å². The molecule has 1 N–H and O–H groups in total. The van der Waals surface area contributed by atoms with E-state index < -0.39 is 11.7 Å². The summed E-state index contributed by atoms with van der Waals surface area (Å²) in [4.78, 5) is 8.09. The zero-order valence-corrected chi connectivity index (χ0v) is 12.1. The fourth-order valence-electron chi connectivity index (χ4n) is 1.75. The molecule has 0 aliphatic carbocycles. The zero-order valence-electron chi connectivity index (χ0n) is 10.5. The van der Waals surface area contributed by atoms with Crippen LogP contribution < -0.4 is 5.32 Å². The van der Waals surface area contributed by atoms with E-state index in [1.54, 1.807) is 19.2 Å². The lowest BCUT2D eigenvalue weighted by molar-refractivity contribution is -0.137. The molecule has 2 rings (SSSR count). The van der Waals surface area contributed by atoms with Gasteiger partial charge < -0.3 is 5.32 Å². The van der Waals surface area contributed by atoms with Crippen molar-refractivity contribution in [3.8, 4) is 11.4 Å². The van der Waals surface area contributed by atoms with Crippen LogP contribution in [-0.4, -0.2) is 17.0 Å². The minimum Gasteiger partial charge on any atom is -0.314 e. The predicted molar refractivity (Wildman–Crippen MR) is 72.9 cm³/mol. The van der Waals surface area contributed by atoms with E-state index >= 15 is 0 Å². The number of aromatic nitrogens is 2. The molecule has 106 valence electrons. The summed E-state index contributed by atoms with van der Waals surface area (Å²) in [6.45, 7) is 0.466. The first kappa shape index (κ1) is 14.9. The van der Waals surface area contributed by atoms with Crippen molar-refractivity contribution in [3.63, 3.8) is 0 Å². The molecule has 0 amide bonds.